The molecule has 0 spiro atoms. The van der Waals surface area contributed by atoms with Crippen LogP contribution in [0.15, 0.2) is 16.6 Å². The zero-order valence-electron chi connectivity index (χ0n) is 15.3. The van der Waals surface area contributed by atoms with Crippen LogP contribution in [-0.4, -0.2) is 62.0 Å². The Morgan fingerprint density at radius 1 is 0.962 bits per heavy atom. The van der Waals surface area contributed by atoms with E-state index in [0.717, 1.165) is 38.8 Å². The van der Waals surface area contributed by atoms with Gasteiger partial charge in [0.1, 0.15) is 16.0 Å². The number of likely N-dealkylation sites (tertiary alicyclic amines) is 2. The SMILES string of the molecule is COc1cc(C(=O)N2CCC(C(=O)N3CCCC3)CC2)cc(OC)c1Br. The second kappa shape index (κ2) is 8.29. The van der Waals surface area contributed by atoms with Crippen molar-refractivity contribution >= 4 is 27.7 Å². The molecule has 0 N–H and O–H groups in total. The van der Waals surface area contributed by atoms with Gasteiger partial charge in [-0.2, -0.15) is 0 Å². The normalized spacial score (nSPS) is 18.1. The highest BCUT2D eigenvalue weighted by Crippen LogP contribution is 2.36. The van der Waals surface area contributed by atoms with Crippen LogP contribution < -0.4 is 9.47 Å². The maximum Gasteiger partial charge on any atom is 0.254 e. The number of methoxy groups -OCH3 is 2. The van der Waals surface area contributed by atoms with Crippen LogP contribution in [0.4, 0.5) is 0 Å². The van der Waals surface area contributed by atoms with Gasteiger partial charge in [0.25, 0.3) is 5.91 Å². The average Bonchev–Trinajstić information content (AvgIpc) is 3.22. The number of nitrogens with zero attached hydrogens (tertiary/aromatic N) is 2. The molecule has 0 bridgehead atoms. The first-order valence-corrected chi connectivity index (χ1v) is 9.84. The van der Waals surface area contributed by atoms with Crippen LogP contribution in [0.3, 0.4) is 0 Å². The Hall–Kier alpha value is -1.76. The van der Waals surface area contributed by atoms with E-state index in [0.29, 0.717) is 34.6 Å². The fourth-order valence-electron chi connectivity index (χ4n) is 3.70. The largest absolute Gasteiger partial charge is 0.495 e. The summed E-state index contributed by atoms with van der Waals surface area (Å²) in [4.78, 5) is 29.2. The average molecular weight is 425 g/mol. The minimum Gasteiger partial charge on any atom is -0.495 e. The highest BCUT2D eigenvalue weighted by molar-refractivity contribution is 9.10. The molecule has 7 heteroatoms. The van der Waals surface area contributed by atoms with Gasteiger partial charge in [0.05, 0.1) is 14.2 Å². The molecule has 0 radical (unpaired) electrons. The summed E-state index contributed by atoms with van der Waals surface area (Å²) in [5.74, 6) is 1.38. The number of benzene rings is 1. The molecule has 2 saturated heterocycles. The highest BCUT2D eigenvalue weighted by Gasteiger charge is 2.31. The van der Waals surface area contributed by atoms with Gasteiger partial charge in [0, 0.05) is 37.7 Å². The summed E-state index contributed by atoms with van der Waals surface area (Å²) in [6.07, 6.45) is 3.67. The molecule has 0 atom stereocenters. The number of hydrogen-bond acceptors (Lipinski definition) is 4. The van der Waals surface area contributed by atoms with Gasteiger partial charge >= 0.3 is 0 Å². The number of ether oxygens (including phenoxy) is 2. The van der Waals surface area contributed by atoms with Gasteiger partial charge in [0.2, 0.25) is 5.91 Å². The first-order valence-electron chi connectivity index (χ1n) is 9.04. The monoisotopic (exact) mass is 424 g/mol. The Bertz CT molecular complexity index is 655. The molecule has 6 nitrogen and oxygen atoms in total. The molecule has 0 unspecified atom stereocenters. The second-order valence-electron chi connectivity index (χ2n) is 6.79. The molecule has 0 aromatic heterocycles. The number of hydrogen-bond donors (Lipinski definition) is 0. The van der Waals surface area contributed by atoms with Crippen molar-refractivity contribution in [2.45, 2.75) is 25.7 Å². The van der Waals surface area contributed by atoms with Crippen LogP contribution in [-0.2, 0) is 4.79 Å². The molecule has 3 rings (SSSR count). The number of rotatable bonds is 4. The summed E-state index contributed by atoms with van der Waals surface area (Å²) in [7, 11) is 3.12. The molecule has 26 heavy (non-hydrogen) atoms. The van der Waals surface area contributed by atoms with Crippen molar-refractivity contribution in [2.75, 3.05) is 40.4 Å². The maximum absolute atomic E-state index is 12.9. The van der Waals surface area contributed by atoms with Crippen molar-refractivity contribution in [3.8, 4) is 11.5 Å². The summed E-state index contributed by atoms with van der Waals surface area (Å²) in [6, 6.07) is 3.44. The van der Waals surface area contributed by atoms with Crippen LogP contribution in [0, 0.1) is 5.92 Å². The van der Waals surface area contributed by atoms with Gasteiger partial charge in [-0.25, -0.2) is 0 Å². The minimum atomic E-state index is -0.0545. The summed E-state index contributed by atoms with van der Waals surface area (Å²) in [6.45, 7) is 2.97. The van der Waals surface area contributed by atoms with Gasteiger partial charge in [-0.1, -0.05) is 0 Å². The van der Waals surface area contributed by atoms with Gasteiger partial charge in [0.15, 0.2) is 0 Å². The van der Waals surface area contributed by atoms with Crippen molar-refractivity contribution < 1.29 is 19.1 Å². The lowest BCUT2D eigenvalue weighted by Crippen LogP contribution is -2.43. The Morgan fingerprint density at radius 3 is 2.00 bits per heavy atom. The molecule has 2 amide bonds. The number of halogens is 1. The van der Waals surface area contributed by atoms with Crippen LogP contribution in [0.5, 0.6) is 11.5 Å². The summed E-state index contributed by atoms with van der Waals surface area (Å²) >= 11 is 3.42. The molecule has 1 aromatic carbocycles. The minimum absolute atomic E-state index is 0.0474. The predicted octanol–water partition coefficient (Wildman–Crippen LogP) is 2.94. The third kappa shape index (κ3) is 3.82. The first kappa shape index (κ1) is 19.0. The van der Waals surface area contributed by atoms with Crippen LogP contribution in [0.2, 0.25) is 0 Å². The smallest absolute Gasteiger partial charge is 0.254 e. The second-order valence-corrected chi connectivity index (χ2v) is 7.59. The third-order valence-corrected chi connectivity index (χ3v) is 6.02. The number of carbonyl (C=O) groups excluding carboxylic acids is 2. The van der Waals surface area contributed by atoms with Gasteiger partial charge in [-0.05, 0) is 53.7 Å². The van der Waals surface area contributed by atoms with Crippen molar-refractivity contribution in [1.29, 1.82) is 0 Å². The standard InChI is InChI=1S/C19H25BrN2O4/c1-25-15-11-14(12-16(26-2)17(15)20)19(24)22-9-5-13(6-10-22)18(23)21-7-3-4-8-21/h11-13H,3-10H2,1-2H3. The molecule has 1 aromatic rings. The Kier molecular flexibility index (Phi) is 6.06. The highest BCUT2D eigenvalue weighted by atomic mass is 79.9. The maximum atomic E-state index is 12.9. The lowest BCUT2D eigenvalue weighted by molar-refractivity contribution is -0.135. The third-order valence-electron chi connectivity index (χ3n) is 5.24. The molecule has 142 valence electrons. The number of piperidine rings is 1. The van der Waals surface area contributed by atoms with Crippen molar-refractivity contribution in [1.82, 2.24) is 9.80 Å². The zero-order valence-corrected chi connectivity index (χ0v) is 16.9. The predicted molar refractivity (Wildman–Crippen MR) is 102 cm³/mol. The van der Waals surface area contributed by atoms with Gasteiger partial charge in [-0.15, -0.1) is 0 Å². The van der Waals surface area contributed by atoms with Crippen molar-refractivity contribution in [3.05, 3.63) is 22.2 Å². The fourth-order valence-corrected chi connectivity index (χ4v) is 4.25. The van der Waals surface area contributed by atoms with Crippen molar-refractivity contribution in [3.63, 3.8) is 0 Å². The Balaban J connectivity index is 1.66. The van der Waals surface area contributed by atoms with E-state index >= 15 is 0 Å². The molecule has 2 aliphatic heterocycles. The lowest BCUT2D eigenvalue weighted by atomic mass is 9.95. The fraction of sp³-hybridized carbons (Fsp3) is 0.579. The van der Waals surface area contributed by atoms with E-state index in [-0.39, 0.29) is 17.7 Å². The van der Waals surface area contributed by atoms with E-state index in [4.69, 9.17) is 9.47 Å². The van der Waals surface area contributed by atoms with Crippen molar-refractivity contribution in [2.24, 2.45) is 5.92 Å². The summed E-state index contributed by atoms with van der Waals surface area (Å²) in [5, 5.41) is 0. The molecule has 0 aliphatic carbocycles. The van der Waals surface area contributed by atoms with Crippen LogP contribution >= 0.6 is 15.9 Å². The van der Waals surface area contributed by atoms with E-state index in [1.165, 1.54) is 0 Å². The number of carbonyl (C=O) groups is 2. The Morgan fingerprint density at radius 2 is 1.50 bits per heavy atom. The van der Waals surface area contributed by atoms with Gasteiger partial charge < -0.3 is 19.3 Å². The molecular weight excluding hydrogens is 400 g/mol. The van der Waals surface area contributed by atoms with E-state index in [2.05, 4.69) is 15.9 Å². The molecule has 0 saturated carbocycles. The van der Waals surface area contributed by atoms with Gasteiger partial charge in [-0.3, -0.25) is 9.59 Å². The quantitative estimate of drug-likeness (QED) is 0.745. The molecular formula is C19H25BrN2O4. The summed E-state index contributed by atoms with van der Waals surface area (Å²) in [5.41, 5.74) is 0.534. The van der Waals surface area contributed by atoms with E-state index < -0.39 is 0 Å². The van der Waals surface area contributed by atoms with Crippen LogP contribution in [0.25, 0.3) is 0 Å². The first-order chi connectivity index (χ1) is 12.5. The van der Waals surface area contributed by atoms with E-state index in [1.807, 2.05) is 9.80 Å². The van der Waals surface area contributed by atoms with E-state index in [9.17, 15) is 9.59 Å². The summed E-state index contributed by atoms with van der Waals surface area (Å²) < 4.78 is 11.3. The van der Waals surface area contributed by atoms with E-state index in [1.54, 1.807) is 26.4 Å². The topological polar surface area (TPSA) is 59.1 Å². The molecule has 2 fully saturated rings. The number of amides is 2. The zero-order chi connectivity index (χ0) is 18.7. The molecule has 2 aliphatic rings. The Labute approximate surface area is 162 Å². The lowest BCUT2D eigenvalue weighted by Gasteiger charge is -2.33. The molecule has 2 heterocycles. The van der Waals surface area contributed by atoms with Crippen LogP contribution in [0.1, 0.15) is 36.0 Å².